The Hall–Kier alpha value is -1.02. The summed E-state index contributed by atoms with van der Waals surface area (Å²) in [6.07, 6.45) is 5.11. The largest absolute Gasteiger partial charge is 0.493 e. The summed E-state index contributed by atoms with van der Waals surface area (Å²) < 4.78 is 6.05. The molecule has 0 saturated heterocycles. The van der Waals surface area contributed by atoms with Crippen LogP contribution in [0.1, 0.15) is 51.7 Å². The van der Waals surface area contributed by atoms with Crippen molar-refractivity contribution in [1.29, 1.82) is 0 Å². The summed E-state index contributed by atoms with van der Waals surface area (Å²) >= 11 is 0. The minimum absolute atomic E-state index is 0.158. The molecule has 0 amide bonds. The lowest BCUT2D eigenvalue weighted by Gasteiger charge is -2.26. The van der Waals surface area contributed by atoms with E-state index in [1.165, 1.54) is 36.8 Å². The molecule has 2 rings (SSSR count). The topological polar surface area (TPSA) is 21.3 Å². The zero-order valence-corrected chi connectivity index (χ0v) is 14.2. The maximum atomic E-state index is 6.05. The van der Waals surface area contributed by atoms with E-state index in [2.05, 4.69) is 51.2 Å². The van der Waals surface area contributed by atoms with Crippen molar-refractivity contribution in [3.63, 3.8) is 0 Å². The lowest BCUT2D eigenvalue weighted by Crippen LogP contribution is -2.35. The molecule has 0 saturated carbocycles. The first-order chi connectivity index (χ1) is 9.96. The van der Waals surface area contributed by atoms with E-state index >= 15 is 0 Å². The number of rotatable bonds is 7. The van der Waals surface area contributed by atoms with Crippen LogP contribution in [0.4, 0.5) is 0 Å². The summed E-state index contributed by atoms with van der Waals surface area (Å²) in [5.41, 5.74) is 3.17. The molecule has 0 bridgehead atoms. The van der Waals surface area contributed by atoms with Gasteiger partial charge in [-0.3, -0.25) is 0 Å². The molecular weight excluding hydrogens is 258 g/mol. The molecule has 0 atom stereocenters. The van der Waals surface area contributed by atoms with Crippen molar-refractivity contribution in [1.82, 2.24) is 5.32 Å². The van der Waals surface area contributed by atoms with E-state index in [1.54, 1.807) is 0 Å². The van der Waals surface area contributed by atoms with Gasteiger partial charge in [-0.2, -0.15) is 0 Å². The van der Waals surface area contributed by atoms with E-state index in [-0.39, 0.29) is 5.41 Å². The summed E-state index contributed by atoms with van der Waals surface area (Å²) in [6.45, 7) is 11.8. The van der Waals surface area contributed by atoms with E-state index in [9.17, 15) is 0 Å². The Morgan fingerprint density at radius 3 is 2.57 bits per heavy atom. The molecule has 1 aliphatic carbocycles. The molecule has 1 N–H and O–H groups in total. The van der Waals surface area contributed by atoms with Gasteiger partial charge in [0.05, 0.1) is 6.61 Å². The highest BCUT2D eigenvalue weighted by Gasteiger charge is 2.19. The Kier molecular flexibility index (Phi) is 5.69. The van der Waals surface area contributed by atoms with Gasteiger partial charge in [0, 0.05) is 12.0 Å². The molecule has 0 unspecified atom stereocenters. The highest BCUT2D eigenvalue weighted by molar-refractivity contribution is 5.37. The van der Waals surface area contributed by atoms with Crippen LogP contribution in [0.5, 0.6) is 5.75 Å². The van der Waals surface area contributed by atoms with Crippen LogP contribution < -0.4 is 10.1 Å². The number of ether oxygens (including phenoxy) is 1. The molecule has 0 aromatic heterocycles. The van der Waals surface area contributed by atoms with Crippen LogP contribution in [-0.4, -0.2) is 19.7 Å². The van der Waals surface area contributed by atoms with Gasteiger partial charge in [-0.1, -0.05) is 33.8 Å². The van der Waals surface area contributed by atoms with Crippen LogP contribution in [0.15, 0.2) is 18.2 Å². The fourth-order valence-corrected chi connectivity index (χ4v) is 2.83. The molecule has 1 aromatic rings. The first kappa shape index (κ1) is 16.4. The van der Waals surface area contributed by atoms with Gasteiger partial charge in [0.25, 0.3) is 0 Å². The van der Waals surface area contributed by atoms with Gasteiger partial charge in [-0.25, -0.2) is 0 Å². The molecule has 0 heterocycles. The standard InChI is InChI=1S/C19H31NO/c1-15(2)12-20-13-19(3,4)14-21-18-10-9-16-7-5-6-8-17(16)11-18/h9-11,15,20H,5-8,12-14H2,1-4H3. The summed E-state index contributed by atoms with van der Waals surface area (Å²) in [7, 11) is 0. The molecule has 0 aliphatic heterocycles. The molecule has 2 heteroatoms. The van der Waals surface area contributed by atoms with Crippen LogP contribution in [0, 0.1) is 11.3 Å². The third-order valence-electron chi connectivity index (χ3n) is 4.11. The number of fused-ring (bicyclic) bond motifs is 1. The Bertz CT molecular complexity index is 451. The number of benzene rings is 1. The van der Waals surface area contributed by atoms with Crippen LogP contribution >= 0.6 is 0 Å². The fourth-order valence-electron chi connectivity index (χ4n) is 2.83. The van der Waals surface area contributed by atoms with Crippen LogP contribution in [0.3, 0.4) is 0 Å². The van der Waals surface area contributed by atoms with Crippen molar-refractivity contribution >= 4 is 0 Å². The Morgan fingerprint density at radius 1 is 1.14 bits per heavy atom. The molecule has 1 aromatic carbocycles. The van der Waals surface area contributed by atoms with Gasteiger partial charge < -0.3 is 10.1 Å². The summed E-state index contributed by atoms with van der Waals surface area (Å²) in [6, 6.07) is 6.65. The number of nitrogens with one attached hydrogen (secondary N) is 1. The minimum atomic E-state index is 0.158. The van der Waals surface area contributed by atoms with Gasteiger partial charge in [0.2, 0.25) is 0 Å². The molecule has 0 spiro atoms. The Morgan fingerprint density at radius 2 is 1.86 bits per heavy atom. The second kappa shape index (κ2) is 7.31. The zero-order valence-electron chi connectivity index (χ0n) is 14.2. The van der Waals surface area contributed by atoms with Crippen molar-refractivity contribution in [2.75, 3.05) is 19.7 Å². The SMILES string of the molecule is CC(C)CNCC(C)(C)COc1ccc2c(c1)CCCC2. The maximum Gasteiger partial charge on any atom is 0.119 e. The first-order valence-corrected chi connectivity index (χ1v) is 8.42. The molecule has 118 valence electrons. The minimum Gasteiger partial charge on any atom is -0.493 e. The lowest BCUT2D eigenvalue weighted by molar-refractivity contribution is 0.175. The quantitative estimate of drug-likeness (QED) is 0.811. The normalized spacial score (nSPS) is 15.1. The van der Waals surface area contributed by atoms with Crippen LogP contribution in [-0.2, 0) is 12.8 Å². The number of hydrogen-bond donors (Lipinski definition) is 1. The average molecular weight is 289 g/mol. The Labute approximate surface area is 130 Å². The lowest BCUT2D eigenvalue weighted by atomic mass is 9.91. The highest BCUT2D eigenvalue weighted by atomic mass is 16.5. The predicted molar refractivity (Wildman–Crippen MR) is 90.1 cm³/mol. The van der Waals surface area contributed by atoms with Gasteiger partial charge in [-0.05, 0) is 61.4 Å². The van der Waals surface area contributed by atoms with Crippen molar-refractivity contribution in [3.8, 4) is 5.75 Å². The highest BCUT2D eigenvalue weighted by Crippen LogP contribution is 2.26. The van der Waals surface area contributed by atoms with Crippen molar-refractivity contribution < 1.29 is 4.74 Å². The van der Waals surface area contributed by atoms with Crippen molar-refractivity contribution in [2.45, 2.75) is 53.4 Å². The summed E-state index contributed by atoms with van der Waals surface area (Å²) in [5.74, 6) is 1.73. The van der Waals surface area contributed by atoms with Crippen LogP contribution in [0.25, 0.3) is 0 Å². The van der Waals surface area contributed by atoms with Crippen LogP contribution in [0.2, 0.25) is 0 Å². The first-order valence-electron chi connectivity index (χ1n) is 8.42. The van der Waals surface area contributed by atoms with Gasteiger partial charge in [0.1, 0.15) is 5.75 Å². The smallest absolute Gasteiger partial charge is 0.119 e. The van der Waals surface area contributed by atoms with E-state index in [0.29, 0.717) is 5.92 Å². The fraction of sp³-hybridized carbons (Fsp3) is 0.684. The molecular formula is C19H31NO. The van der Waals surface area contributed by atoms with E-state index in [0.717, 1.165) is 25.4 Å². The van der Waals surface area contributed by atoms with Gasteiger partial charge >= 0.3 is 0 Å². The van der Waals surface area contributed by atoms with E-state index in [4.69, 9.17) is 4.74 Å². The second-order valence-corrected chi connectivity index (χ2v) is 7.62. The molecule has 1 aliphatic rings. The molecule has 2 nitrogen and oxygen atoms in total. The molecule has 21 heavy (non-hydrogen) atoms. The van der Waals surface area contributed by atoms with E-state index in [1.807, 2.05) is 0 Å². The third-order valence-corrected chi connectivity index (χ3v) is 4.11. The van der Waals surface area contributed by atoms with E-state index < -0.39 is 0 Å². The Balaban J connectivity index is 1.84. The second-order valence-electron chi connectivity index (χ2n) is 7.62. The monoisotopic (exact) mass is 289 g/mol. The molecule has 0 fully saturated rings. The predicted octanol–water partition coefficient (Wildman–Crippen LogP) is 4.22. The third kappa shape index (κ3) is 5.35. The summed E-state index contributed by atoms with van der Waals surface area (Å²) in [5, 5.41) is 3.53. The summed E-state index contributed by atoms with van der Waals surface area (Å²) in [4.78, 5) is 0. The average Bonchev–Trinajstić information content (AvgIpc) is 2.44. The van der Waals surface area contributed by atoms with Crippen molar-refractivity contribution in [3.05, 3.63) is 29.3 Å². The number of hydrogen-bond acceptors (Lipinski definition) is 2. The van der Waals surface area contributed by atoms with Gasteiger partial charge in [-0.15, -0.1) is 0 Å². The van der Waals surface area contributed by atoms with Crippen molar-refractivity contribution in [2.24, 2.45) is 11.3 Å². The maximum absolute atomic E-state index is 6.05. The van der Waals surface area contributed by atoms with Gasteiger partial charge in [0.15, 0.2) is 0 Å². The molecule has 0 radical (unpaired) electrons. The zero-order chi connectivity index (χ0) is 15.3. The number of aryl methyl sites for hydroxylation is 2.